The lowest BCUT2D eigenvalue weighted by molar-refractivity contribution is -0.115. The summed E-state index contributed by atoms with van der Waals surface area (Å²) in [6, 6.07) is 11.2. The molecule has 2 heterocycles. The van der Waals surface area contributed by atoms with Crippen molar-refractivity contribution in [2.45, 2.75) is 26.4 Å². The topological polar surface area (TPSA) is 108 Å². The molecule has 1 amide bonds. The molecule has 2 N–H and O–H groups in total. The van der Waals surface area contributed by atoms with Gasteiger partial charge in [0.15, 0.2) is 11.6 Å². The highest BCUT2D eigenvalue weighted by atomic mass is 32.2. The van der Waals surface area contributed by atoms with E-state index in [1.165, 1.54) is 12.1 Å². The lowest BCUT2D eigenvalue weighted by atomic mass is 10.1. The fourth-order valence-electron chi connectivity index (χ4n) is 3.93. The summed E-state index contributed by atoms with van der Waals surface area (Å²) in [6.45, 7) is -1.96. The average Bonchev–Trinajstić information content (AvgIpc) is 3.18. The van der Waals surface area contributed by atoms with Gasteiger partial charge in [-0.1, -0.05) is 24.3 Å². The molecule has 0 saturated carbocycles. The molecule has 0 atom stereocenters. The van der Waals surface area contributed by atoms with Gasteiger partial charge in [0.05, 0.1) is 31.1 Å². The number of alkyl halides is 2. The first-order valence-electron chi connectivity index (χ1n) is 10.9. The van der Waals surface area contributed by atoms with Crippen molar-refractivity contribution < 1.29 is 26.4 Å². The van der Waals surface area contributed by atoms with Crippen molar-refractivity contribution in [3.63, 3.8) is 0 Å². The standard InChI is InChI=1S/C23H23F3N6O3S/c1-3-32(36(2,34)35)19-7-5-4-6-15(19)13-31(22(25)26)21-17(24)12-27-23(30-21)28-16-9-8-14-10-20(33)29-18(14)11-16/h4-9,11-12,22H,3,10,13H2,1-2H3,(H,29,33)(H,27,28,30). The molecule has 36 heavy (non-hydrogen) atoms. The molecule has 4 rings (SSSR count). The van der Waals surface area contributed by atoms with Gasteiger partial charge in [-0.25, -0.2) is 17.8 Å². The third-order valence-electron chi connectivity index (χ3n) is 5.51. The van der Waals surface area contributed by atoms with Crippen molar-refractivity contribution in [1.82, 2.24) is 9.97 Å². The smallest absolute Gasteiger partial charge is 0.316 e. The molecular formula is C23H23F3N6O3S. The number of rotatable bonds is 9. The number of aromatic nitrogens is 2. The van der Waals surface area contributed by atoms with Gasteiger partial charge in [0.25, 0.3) is 0 Å². The van der Waals surface area contributed by atoms with E-state index in [0.717, 1.165) is 22.3 Å². The fourth-order valence-corrected chi connectivity index (χ4v) is 4.94. The summed E-state index contributed by atoms with van der Waals surface area (Å²) in [5.41, 5.74) is 2.33. The van der Waals surface area contributed by atoms with E-state index < -0.39 is 34.8 Å². The Kier molecular flexibility index (Phi) is 7.02. The molecule has 1 aliphatic heterocycles. The van der Waals surface area contributed by atoms with Crippen LogP contribution in [0, 0.1) is 5.82 Å². The number of para-hydroxylation sites is 1. The maximum Gasteiger partial charge on any atom is 0.316 e. The quantitative estimate of drug-likeness (QED) is 0.413. The molecule has 0 saturated heterocycles. The molecule has 1 aromatic heterocycles. The number of sulfonamides is 1. The predicted octanol–water partition coefficient (Wildman–Crippen LogP) is 3.87. The van der Waals surface area contributed by atoms with Crippen molar-refractivity contribution in [2.24, 2.45) is 0 Å². The predicted molar refractivity (Wildman–Crippen MR) is 131 cm³/mol. The van der Waals surface area contributed by atoms with E-state index in [4.69, 9.17) is 0 Å². The van der Waals surface area contributed by atoms with E-state index in [2.05, 4.69) is 20.6 Å². The van der Waals surface area contributed by atoms with Gasteiger partial charge in [-0.05, 0) is 36.2 Å². The summed E-state index contributed by atoms with van der Waals surface area (Å²) in [5.74, 6) is -2.02. The highest BCUT2D eigenvalue weighted by Gasteiger charge is 2.26. The normalized spacial score (nSPS) is 12.9. The van der Waals surface area contributed by atoms with Crippen LogP contribution in [0.3, 0.4) is 0 Å². The minimum absolute atomic E-state index is 0.0850. The van der Waals surface area contributed by atoms with Crippen LogP contribution in [-0.4, -0.2) is 43.6 Å². The molecule has 9 nitrogen and oxygen atoms in total. The highest BCUT2D eigenvalue weighted by molar-refractivity contribution is 7.92. The zero-order chi connectivity index (χ0) is 26.0. The monoisotopic (exact) mass is 520 g/mol. The molecule has 2 aromatic carbocycles. The molecule has 0 fully saturated rings. The van der Waals surface area contributed by atoms with E-state index in [0.29, 0.717) is 16.3 Å². The van der Waals surface area contributed by atoms with Gasteiger partial charge in [-0.3, -0.25) is 14.0 Å². The molecule has 1 aliphatic rings. The van der Waals surface area contributed by atoms with E-state index in [1.807, 2.05) is 0 Å². The van der Waals surface area contributed by atoms with Gasteiger partial charge in [-0.2, -0.15) is 13.8 Å². The Morgan fingerprint density at radius 1 is 1.19 bits per heavy atom. The number of anilines is 5. The summed E-state index contributed by atoms with van der Waals surface area (Å²) >= 11 is 0. The minimum Gasteiger partial charge on any atom is -0.325 e. The Labute approximate surface area is 206 Å². The van der Waals surface area contributed by atoms with Crippen molar-refractivity contribution in [3.8, 4) is 0 Å². The number of carbonyl (C=O) groups is 1. The maximum atomic E-state index is 14.7. The summed E-state index contributed by atoms with van der Waals surface area (Å²) in [4.78, 5) is 19.8. The summed E-state index contributed by atoms with van der Waals surface area (Å²) in [6.07, 6.45) is 2.05. The zero-order valence-corrected chi connectivity index (χ0v) is 20.2. The lowest BCUT2D eigenvalue weighted by Gasteiger charge is -2.28. The molecule has 0 spiro atoms. The van der Waals surface area contributed by atoms with Crippen LogP contribution in [0.15, 0.2) is 48.7 Å². The number of hydrogen-bond acceptors (Lipinski definition) is 7. The van der Waals surface area contributed by atoms with E-state index in [9.17, 15) is 26.4 Å². The zero-order valence-electron chi connectivity index (χ0n) is 19.4. The minimum atomic E-state index is -3.68. The van der Waals surface area contributed by atoms with Crippen LogP contribution in [0.4, 0.5) is 42.0 Å². The number of nitrogens with zero attached hydrogens (tertiary/aromatic N) is 4. The Morgan fingerprint density at radius 2 is 1.94 bits per heavy atom. The molecule has 0 aliphatic carbocycles. The van der Waals surface area contributed by atoms with Gasteiger partial charge in [0.1, 0.15) is 0 Å². The van der Waals surface area contributed by atoms with Crippen LogP contribution < -0.4 is 19.8 Å². The van der Waals surface area contributed by atoms with E-state index in [1.54, 1.807) is 37.3 Å². The number of halogens is 3. The Hall–Kier alpha value is -3.87. The second-order valence-electron chi connectivity index (χ2n) is 8.05. The van der Waals surface area contributed by atoms with E-state index in [-0.39, 0.29) is 36.1 Å². The lowest BCUT2D eigenvalue weighted by Crippen LogP contribution is -2.33. The Balaban J connectivity index is 1.65. The molecule has 13 heteroatoms. The van der Waals surface area contributed by atoms with Gasteiger partial charge < -0.3 is 10.6 Å². The molecule has 0 unspecified atom stereocenters. The Bertz CT molecular complexity index is 1400. The van der Waals surface area contributed by atoms with Gasteiger partial charge >= 0.3 is 6.55 Å². The van der Waals surface area contributed by atoms with Crippen LogP contribution in [0.1, 0.15) is 18.1 Å². The average molecular weight is 521 g/mol. The molecule has 190 valence electrons. The number of nitrogens with one attached hydrogen (secondary N) is 2. The fraction of sp³-hybridized carbons (Fsp3) is 0.261. The number of hydrogen-bond donors (Lipinski definition) is 2. The third kappa shape index (κ3) is 5.35. The van der Waals surface area contributed by atoms with Crippen molar-refractivity contribution in [2.75, 3.05) is 32.6 Å². The summed E-state index contributed by atoms with van der Waals surface area (Å²) in [5, 5.41) is 5.53. The van der Waals surface area contributed by atoms with Crippen LogP contribution in [0.2, 0.25) is 0 Å². The van der Waals surface area contributed by atoms with E-state index >= 15 is 0 Å². The van der Waals surface area contributed by atoms with Crippen molar-refractivity contribution >= 4 is 44.8 Å². The second kappa shape index (κ2) is 10.0. The van der Waals surface area contributed by atoms with Crippen LogP contribution >= 0.6 is 0 Å². The van der Waals surface area contributed by atoms with Crippen LogP contribution in [0.5, 0.6) is 0 Å². The maximum absolute atomic E-state index is 14.7. The van der Waals surface area contributed by atoms with Crippen LogP contribution in [0.25, 0.3) is 0 Å². The Morgan fingerprint density at radius 3 is 2.64 bits per heavy atom. The third-order valence-corrected chi connectivity index (χ3v) is 6.77. The SMILES string of the molecule is CCN(c1ccccc1CN(c1nc(Nc2ccc3c(c2)NC(=O)C3)ncc1F)C(F)F)S(C)(=O)=O. The largest absolute Gasteiger partial charge is 0.325 e. The summed E-state index contributed by atoms with van der Waals surface area (Å²) < 4.78 is 68.5. The molecule has 0 radical (unpaired) electrons. The number of carbonyl (C=O) groups excluding carboxylic acids is 1. The summed E-state index contributed by atoms with van der Waals surface area (Å²) in [7, 11) is -3.68. The van der Waals surface area contributed by atoms with Crippen molar-refractivity contribution in [3.05, 3.63) is 65.6 Å². The molecule has 3 aromatic rings. The first-order chi connectivity index (χ1) is 17.1. The molecular weight excluding hydrogens is 497 g/mol. The van der Waals surface area contributed by atoms with Crippen molar-refractivity contribution in [1.29, 1.82) is 0 Å². The van der Waals surface area contributed by atoms with Gasteiger partial charge in [0, 0.05) is 17.9 Å². The first-order valence-corrected chi connectivity index (χ1v) is 12.7. The highest BCUT2D eigenvalue weighted by Crippen LogP contribution is 2.31. The molecule has 0 bridgehead atoms. The second-order valence-corrected chi connectivity index (χ2v) is 9.96. The first kappa shape index (κ1) is 25.2. The van der Waals surface area contributed by atoms with Gasteiger partial charge in [-0.15, -0.1) is 0 Å². The number of benzene rings is 2. The number of amides is 1. The van der Waals surface area contributed by atoms with Gasteiger partial charge in [0.2, 0.25) is 21.9 Å². The number of fused-ring (bicyclic) bond motifs is 1. The van der Waals surface area contributed by atoms with Crippen LogP contribution in [-0.2, 0) is 27.8 Å².